The fraction of sp³-hybridized carbons (Fsp3) is 0.0727. The zero-order valence-electron chi connectivity index (χ0n) is 80.8. The minimum absolute atomic E-state index is 0.0583. The van der Waals surface area contributed by atoms with Crippen LogP contribution in [0.4, 0.5) is 34.1 Å². The molecule has 0 bridgehead atoms. The van der Waals surface area contributed by atoms with Crippen molar-refractivity contribution in [3.63, 3.8) is 0 Å². The zero-order valence-corrected chi connectivity index (χ0v) is 65.6. The minimum Gasteiger partial charge on any atom is -0.311 e. The van der Waals surface area contributed by atoms with Crippen molar-refractivity contribution in [2.24, 2.45) is 0 Å². The molecule has 0 aliphatic carbocycles. The summed E-state index contributed by atoms with van der Waals surface area (Å²) in [7, 11) is 0. The van der Waals surface area contributed by atoms with Gasteiger partial charge < -0.3 is 23.5 Å². The van der Waals surface area contributed by atoms with Gasteiger partial charge in [0.2, 0.25) is 0 Å². The number of benzene rings is 17. The zero-order chi connectivity index (χ0) is 92.0. The van der Waals surface area contributed by atoms with Crippen molar-refractivity contribution >= 4 is 154 Å². The molecule has 0 saturated carbocycles. The molecule has 7 heteroatoms. The van der Waals surface area contributed by atoms with Crippen LogP contribution in [0, 0.1) is 0 Å². The first-order valence-corrected chi connectivity index (χ1v) is 40.4. The molecule has 0 radical (unpaired) electrons. The second-order valence-corrected chi connectivity index (χ2v) is 33.8. The number of thiophene rings is 1. The molecule has 23 rings (SSSR count). The van der Waals surface area contributed by atoms with Crippen LogP contribution >= 0.6 is 11.3 Å². The van der Waals surface area contributed by atoms with Crippen molar-refractivity contribution in [1.29, 1.82) is 0 Å². The van der Waals surface area contributed by atoms with Crippen LogP contribution < -0.4 is 26.2 Å². The van der Waals surface area contributed by atoms with E-state index in [-0.39, 0.29) is 43.6 Å². The highest BCUT2D eigenvalue weighted by Crippen LogP contribution is 2.55. The van der Waals surface area contributed by atoms with Crippen LogP contribution in [0.1, 0.15) is 74.6 Å². The highest BCUT2D eigenvalue weighted by Gasteiger charge is 2.46. The number of fused-ring (bicyclic) bond motifs is 16. The number of para-hydroxylation sites is 6. The van der Waals surface area contributed by atoms with E-state index in [0.29, 0.717) is 39.8 Å². The van der Waals surface area contributed by atoms with E-state index in [0.717, 1.165) is 137 Å². The summed E-state index contributed by atoms with van der Waals surface area (Å²) in [6.07, 6.45) is 0. The Morgan fingerprint density at radius 2 is 0.752 bits per heavy atom. The van der Waals surface area contributed by atoms with Gasteiger partial charge in [0.1, 0.15) is 0 Å². The van der Waals surface area contributed by atoms with Crippen molar-refractivity contribution in [2.75, 3.05) is 9.80 Å². The van der Waals surface area contributed by atoms with Crippen LogP contribution in [0.15, 0.2) is 376 Å². The molecular weight excluding hydrogens is 1430 g/mol. The Hall–Kier alpha value is -14.0. The summed E-state index contributed by atoms with van der Waals surface area (Å²) in [6, 6.07) is 89.2. The Morgan fingerprint density at radius 3 is 1.32 bits per heavy atom. The molecule has 117 heavy (non-hydrogen) atoms. The highest BCUT2D eigenvalue weighted by molar-refractivity contribution is 7.26. The first-order chi connectivity index (χ1) is 64.0. The number of rotatable bonds is 10. The Balaban J connectivity index is 0.958. The molecule has 0 N–H and O–H groups in total. The van der Waals surface area contributed by atoms with Gasteiger partial charge >= 0.3 is 0 Å². The van der Waals surface area contributed by atoms with E-state index < -0.39 is 114 Å². The SMILES string of the molecule is [2H]c1c([2H])c([2H])c2c(c1[2H])c1c([2H])c([2H])c([2H])c([2H])c1n2-c1ccc2c(c1)N(c1cc(-c3ccccc3)cc(C(C)(C)C)c1)c1cc(-c3c(-c4cccc5sc6ccccc6c45)cc(C(C)(C)C)cc3-n3c4ccccc4c4ccccc43)cc3c1B2c1ccc(-n2c4c([2H])c([2H])c([2H])c([2H])c4c4c([2H])c([2H])c([2H])c([2H])c42)cc1N3c1ccc(-c2ccccc2)cc1-c1ccccc1. The maximum Gasteiger partial charge on any atom is 0.252 e. The predicted octanol–water partition coefficient (Wildman–Crippen LogP) is 28.4. The molecule has 5 nitrogen and oxygen atoms in total. The van der Waals surface area contributed by atoms with Gasteiger partial charge in [0.05, 0.1) is 66.4 Å². The largest absolute Gasteiger partial charge is 0.311 e. The van der Waals surface area contributed by atoms with Crippen LogP contribution in [0.2, 0.25) is 0 Å². The molecule has 17 aromatic carbocycles. The minimum atomic E-state index is -0.825. The fourth-order valence-corrected chi connectivity index (χ4v) is 19.7. The van der Waals surface area contributed by atoms with E-state index in [9.17, 15) is 21.9 Å². The molecule has 0 fully saturated rings. The van der Waals surface area contributed by atoms with Gasteiger partial charge in [-0.2, -0.15) is 0 Å². The molecule has 2 aliphatic heterocycles. The number of aromatic nitrogens is 3. The molecule has 0 unspecified atom stereocenters. The molecule has 0 spiro atoms. The number of nitrogens with zero attached hydrogens (tertiary/aromatic N) is 5. The van der Waals surface area contributed by atoms with E-state index >= 15 is 0 Å². The summed E-state index contributed by atoms with van der Waals surface area (Å²) in [4.78, 5) is 4.64. The monoisotopic (exact) mass is 1530 g/mol. The van der Waals surface area contributed by atoms with Crippen molar-refractivity contribution in [2.45, 2.75) is 52.4 Å². The van der Waals surface area contributed by atoms with Gasteiger partial charge in [0.25, 0.3) is 6.71 Å². The third kappa shape index (κ3) is 10.8. The van der Waals surface area contributed by atoms with E-state index in [2.05, 4.69) is 244 Å². The maximum atomic E-state index is 10.0. The van der Waals surface area contributed by atoms with Crippen molar-refractivity contribution < 1.29 is 21.9 Å². The molecule has 2 aliphatic rings. The lowest BCUT2D eigenvalue weighted by Gasteiger charge is -2.45. The molecule has 6 heterocycles. The third-order valence-electron chi connectivity index (χ3n) is 24.0. The van der Waals surface area contributed by atoms with Gasteiger partial charge in [-0.05, 0) is 204 Å². The Kier molecular flexibility index (Phi) is 12.1. The first kappa shape index (κ1) is 53.9. The topological polar surface area (TPSA) is 21.3 Å². The van der Waals surface area contributed by atoms with Crippen molar-refractivity contribution in [3.8, 4) is 72.7 Å². The molecule has 554 valence electrons. The maximum absolute atomic E-state index is 10.0. The Morgan fingerprint density at radius 1 is 0.274 bits per heavy atom. The smallest absolute Gasteiger partial charge is 0.252 e. The summed E-state index contributed by atoms with van der Waals surface area (Å²) >= 11 is 1.75. The normalized spacial score (nSPS) is 14.7. The molecule has 0 atom stereocenters. The summed E-state index contributed by atoms with van der Waals surface area (Å²) in [6.45, 7) is 12.5. The van der Waals surface area contributed by atoms with Gasteiger partial charge in [0.15, 0.2) is 0 Å². The van der Waals surface area contributed by atoms with Crippen LogP contribution in [-0.4, -0.2) is 20.4 Å². The second-order valence-electron chi connectivity index (χ2n) is 32.7. The van der Waals surface area contributed by atoms with Gasteiger partial charge in [-0.1, -0.05) is 296 Å². The van der Waals surface area contributed by atoms with Gasteiger partial charge in [-0.15, -0.1) is 11.3 Å². The lowest BCUT2D eigenvalue weighted by Crippen LogP contribution is -2.61. The standard InChI is InChI=1S/C110H80BN5S/c1-109(2,3)75-59-73(70-33-12-8-13-34-70)60-79(64-75)114-99-67-77(112-92-45-23-16-37-80(92)81-38-17-24-46-93(81)112)54-56-90(99)111-91-57-55-78(113-94-47-25-18-39-82(94)83-40-19-26-48-95(83)113)68-100(91)116(98-58-53-72(69-31-10-7-11-32-69)61-88(98)71-35-14-9-15-36-71)103-63-74(62-102(114)108(103)111)106-89(86-44-30-52-105-107(86)87-43-22-29-51-104(87)117-105)65-76(110(4,5)6)66-101(106)115-96-49-27-20-41-84(96)85-42-21-28-50-97(85)115/h7-68H,1-6H3/i16D,17D,18D,19D,23D,24D,25D,26D,37D,38D,39D,40D,45D,46D,47D,48D. The molecule has 4 aromatic heterocycles. The average molecular weight is 1530 g/mol. The molecular formula is C110H80BN5S. The first-order valence-electron chi connectivity index (χ1n) is 47.6. The fourth-order valence-electron chi connectivity index (χ4n) is 18.6. The third-order valence-corrected chi connectivity index (χ3v) is 25.1. The Bertz CT molecular complexity index is 8500. The predicted molar refractivity (Wildman–Crippen MR) is 501 cm³/mol. The van der Waals surface area contributed by atoms with Crippen molar-refractivity contribution in [3.05, 3.63) is 387 Å². The van der Waals surface area contributed by atoms with E-state index in [1.807, 2.05) is 91.0 Å². The quantitative estimate of drug-likeness (QED) is 0.127. The summed E-state index contributed by atoms with van der Waals surface area (Å²) in [5, 5.41) is 3.93. The van der Waals surface area contributed by atoms with Crippen LogP contribution in [-0.2, 0) is 10.8 Å². The van der Waals surface area contributed by atoms with Gasteiger partial charge in [0, 0.05) is 103 Å². The average Bonchev–Trinajstić information content (AvgIpc) is 1.36. The van der Waals surface area contributed by atoms with E-state index in [1.165, 1.54) is 0 Å². The molecule has 0 saturated heterocycles. The molecule has 0 amide bonds. The van der Waals surface area contributed by atoms with Crippen LogP contribution in [0.5, 0.6) is 0 Å². The van der Waals surface area contributed by atoms with Crippen LogP contribution in [0.25, 0.3) is 158 Å². The highest BCUT2D eigenvalue weighted by atomic mass is 32.1. The van der Waals surface area contributed by atoms with E-state index in [4.69, 9.17) is 0 Å². The molecule has 21 aromatic rings. The van der Waals surface area contributed by atoms with Crippen LogP contribution in [0.3, 0.4) is 0 Å². The summed E-state index contributed by atoms with van der Waals surface area (Å²) < 4.78 is 161. The lowest BCUT2D eigenvalue weighted by atomic mass is 9.33. The van der Waals surface area contributed by atoms with Crippen molar-refractivity contribution in [1.82, 2.24) is 13.7 Å². The van der Waals surface area contributed by atoms with Gasteiger partial charge in [-0.3, -0.25) is 0 Å². The second kappa shape index (κ2) is 26.3. The summed E-state index contributed by atoms with van der Waals surface area (Å²) in [5.41, 5.74) is 19.4. The Labute approximate surface area is 707 Å². The van der Waals surface area contributed by atoms with E-state index in [1.54, 1.807) is 20.5 Å². The number of hydrogen-bond donors (Lipinski definition) is 0. The van der Waals surface area contributed by atoms with Gasteiger partial charge in [-0.25, -0.2) is 0 Å². The lowest BCUT2D eigenvalue weighted by molar-refractivity contribution is 0.590. The number of hydrogen-bond acceptors (Lipinski definition) is 3. The number of anilines is 6. The summed E-state index contributed by atoms with van der Waals surface area (Å²) in [5.74, 6) is 0.